The van der Waals surface area contributed by atoms with E-state index in [1.54, 1.807) is 18.2 Å². The largest absolute Gasteiger partial charge is 0.477 e. The summed E-state index contributed by atoms with van der Waals surface area (Å²) in [5.74, 6) is 0. The Labute approximate surface area is 109 Å². The molecule has 0 saturated carbocycles. The summed E-state index contributed by atoms with van der Waals surface area (Å²) in [6.07, 6.45) is -1.85. The van der Waals surface area contributed by atoms with Crippen molar-refractivity contribution in [1.29, 1.82) is 0 Å². The van der Waals surface area contributed by atoms with Crippen LogP contribution in [0.2, 0.25) is 0 Å². The van der Waals surface area contributed by atoms with E-state index in [1.807, 2.05) is 0 Å². The first-order valence-corrected chi connectivity index (χ1v) is 5.86. The van der Waals surface area contributed by atoms with Crippen LogP contribution in [0.15, 0.2) is 39.3 Å². The Hall–Kier alpha value is -1.54. The molecule has 0 fully saturated rings. The van der Waals surface area contributed by atoms with Crippen molar-refractivity contribution in [3.05, 3.63) is 44.9 Å². The summed E-state index contributed by atoms with van der Waals surface area (Å²) in [5, 5.41) is 2.74. The van der Waals surface area contributed by atoms with Gasteiger partial charge in [0.2, 0.25) is 0 Å². The van der Waals surface area contributed by atoms with Gasteiger partial charge in [0.1, 0.15) is 6.54 Å². The highest BCUT2D eigenvalue weighted by molar-refractivity contribution is 9.10. The van der Waals surface area contributed by atoms with Crippen molar-refractivity contribution in [1.82, 2.24) is 9.78 Å². The molecule has 0 aliphatic rings. The Morgan fingerprint density at radius 3 is 2.78 bits per heavy atom. The number of hydrogen-bond acceptors (Lipinski definition) is 2. The molecule has 8 heteroatoms. The lowest BCUT2D eigenvalue weighted by molar-refractivity contribution is -0.542. The first-order chi connectivity index (χ1) is 8.54. The number of nitrogens with one attached hydrogen (secondary N) is 1. The third-order valence-electron chi connectivity index (χ3n) is 2.48. The maximum Gasteiger partial charge on any atom is 0.477 e. The minimum Gasteiger partial charge on any atom is -0.326 e. The highest BCUT2D eigenvalue weighted by Gasteiger charge is 2.18. The highest BCUT2D eigenvalue weighted by Crippen LogP contribution is 2.08. The Morgan fingerprint density at radius 2 is 2.22 bits per heavy atom. The zero-order valence-corrected chi connectivity index (χ0v) is 10.7. The molecule has 2 aromatic rings. The normalized spacial score (nSPS) is 10.9. The van der Waals surface area contributed by atoms with E-state index in [0.717, 1.165) is 4.68 Å². The van der Waals surface area contributed by atoms with Gasteiger partial charge >= 0.3 is 5.69 Å². The smallest absolute Gasteiger partial charge is 0.326 e. The molecule has 0 aromatic carbocycles. The number of pyridine rings is 1. The molecular weight excluding hydrogens is 310 g/mol. The van der Waals surface area contributed by atoms with Crippen LogP contribution < -0.4 is 15.8 Å². The number of nitrogens with zero attached hydrogens (tertiary/aromatic N) is 2. The topological polar surface area (TPSA) is 67.9 Å². The fourth-order valence-corrected chi connectivity index (χ4v) is 2.07. The third kappa shape index (κ3) is 2.21. The van der Waals surface area contributed by atoms with Crippen LogP contribution in [0.25, 0.3) is 5.65 Å². The Morgan fingerprint density at radius 1 is 1.50 bits per heavy atom. The summed E-state index contributed by atoms with van der Waals surface area (Å²) in [4.78, 5) is 12.0. The van der Waals surface area contributed by atoms with Gasteiger partial charge in [0.25, 0.3) is 11.7 Å². The second-order valence-electron chi connectivity index (χ2n) is 3.62. The van der Waals surface area contributed by atoms with E-state index in [9.17, 15) is 13.6 Å². The van der Waals surface area contributed by atoms with E-state index >= 15 is 0 Å². The molecule has 5 nitrogen and oxygen atoms in total. The van der Waals surface area contributed by atoms with Gasteiger partial charge in [-0.05, 0) is 22.0 Å². The van der Waals surface area contributed by atoms with Crippen molar-refractivity contribution < 1.29 is 13.2 Å². The number of halogens is 3. The molecule has 18 heavy (non-hydrogen) atoms. The van der Waals surface area contributed by atoms with Gasteiger partial charge in [0, 0.05) is 18.2 Å². The zero-order valence-electron chi connectivity index (χ0n) is 9.16. The van der Waals surface area contributed by atoms with Gasteiger partial charge in [-0.2, -0.15) is 18.3 Å². The maximum atomic E-state index is 12.5. The lowest BCUT2D eigenvalue weighted by atomic mass is 10.3. The Bertz CT molecular complexity index is 672. The molecule has 0 bridgehead atoms. The van der Waals surface area contributed by atoms with Crippen molar-refractivity contribution in [3.8, 4) is 0 Å². The lowest BCUT2D eigenvalue weighted by Crippen LogP contribution is -2.42. The van der Waals surface area contributed by atoms with Gasteiger partial charge in [-0.1, -0.05) is 6.07 Å². The Balaban J connectivity index is 2.54. The van der Waals surface area contributed by atoms with Gasteiger partial charge in [-0.3, -0.25) is 0 Å². The average Bonchev–Trinajstić information content (AvgIpc) is 2.64. The summed E-state index contributed by atoms with van der Waals surface area (Å²) < 4.78 is 28.0. The molecule has 3 N–H and O–H groups in total. The molecule has 96 valence electrons. The van der Waals surface area contributed by atoms with Crippen molar-refractivity contribution in [2.45, 2.75) is 6.54 Å². The van der Waals surface area contributed by atoms with E-state index < -0.39 is 11.8 Å². The summed E-state index contributed by atoms with van der Waals surface area (Å²) >= 11 is 3.22. The fourth-order valence-electron chi connectivity index (χ4n) is 1.57. The second kappa shape index (κ2) is 4.99. The number of nitrogens with two attached hydrogens (primary N) is 1. The van der Waals surface area contributed by atoms with Gasteiger partial charge in [0.05, 0.1) is 0 Å². The number of aromatic amines is 1. The highest BCUT2D eigenvalue weighted by atomic mass is 79.9. The molecule has 2 rings (SSSR count). The predicted molar refractivity (Wildman–Crippen MR) is 64.2 cm³/mol. The van der Waals surface area contributed by atoms with Crippen molar-refractivity contribution in [3.63, 3.8) is 0 Å². The molecule has 2 heterocycles. The molecule has 0 atom stereocenters. The summed E-state index contributed by atoms with van der Waals surface area (Å²) in [6.45, 7) is -0.554. The lowest BCUT2D eigenvalue weighted by Gasteiger charge is -1.97. The summed E-state index contributed by atoms with van der Waals surface area (Å²) in [5.41, 5.74) is 5.00. The number of rotatable bonds is 3. The second-order valence-corrected chi connectivity index (χ2v) is 4.43. The van der Waals surface area contributed by atoms with Crippen LogP contribution in [0.5, 0.6) is 0 Å². The van der Waals surface area contributed by atoms with Gasteiger partial charge in [-0.15, -0.1) is 4.68 Å². The molecule has 0 unspecified atom stereocenters. The number of aromatic nitrogens is 3. The minimum atomic E-state index is -1.85. The van der Waals surface area contributed by atoms with E-state index in [4.69, 9.17) is 5.73 Å². The molecule has 0 amide bonds. The molecular formula is C10H10BrF2N4O+. The first-order valence-electron chi connectivity index (χ1n) is 5.06. The molecule has 2 aromatic heterocycles. The standard InChI is InChI=1S/C10H9BrF2N4O/c11-7-2-1-3-8-15-16(10(18)17(7)8)5-6(4-14)9(12)13/h1-3H,4-5,14H2/p+1. The van der Waals surface area contributed by atoms with Crippen LogP contribution in [0.4, 0.5) is 8.78 Å². The molecule has 0 radical (unpaired) electrons. The molecule has 0 spiro atoms. The van der Waals surface area contributed by atoms with E-state index in [2.05, 4.69) is 21.0 Å². The summed E-state index contributed by atoms with van der Waals surface area (Å²) in [7, 11) is 0. The van der Waals surface area contributed by atoms with Crippen LogP contribution >= 0.6 is 15.9 Å². The van der Waals surface area contributed by atoms with E-state index in [1.165, 1.54) is 4.40 Å². The quantitative estimate of drug-likeness (QED) is 0.648. The van der Waals surface area contributed by atoms with Gasteiger partial charge in [0.15, 0.2) is 4.60 Å². The summed E-state index contributed by atoms with van der Waals surface area (Å²) in [6, 6.07) is 5.08. The molecule has 0 saturated heterocycles. The van der Waals surface area contributed by atoms with Crippen LogP contribution in [-0.4, -0.2) is 16.3 Å². The van der Waals surface area contributed by atoms with Crippen molar-refractivity contribution in [2.24, 2.45) is 5.73 Å². The van der Waals surface area contributed by atoms with Crippen molar-refractivity contribution in [2.75, 3.05) is 6.54 Å². The monoisotopic (exact) mass is 319 g/mol. The zero-order chi connectivity index (χ0) is 13.3. The minimum absolute atomic E-state index is 0.258. The molecule has 0 aliphatic heterocycles. The number of H-pyrrole nitrogens is 1. The molecule has 0 aliphatic carbocycles. The predicted octanol–water partition coefficient (Wildman–Crippen LogP) is 0.787. The van der Waals surface area contributed by atoms with Crippen LogP contribution in [-0.2, 0) is 6.54 Å². The SMILES string of the molecule is NCC(Cn1[nH]c2cccc(Br)[n+]2c1=O)=C(F)F. The van der Waals surface area contributed by atoms with E-state index in [0.29, 0.717) is 10.3 Å². The Kier molecular flexibility index (Phi) is 3.58. The third-order valence-corrected chi connectivity index (χ3v) is 3.10. The first kappa shape index (κ1) is 12.9. The number of fused-ring (bicyclic) bond motifs is 1. The number of hydrogen-bond donors (Lipinski definition) is 2. The van der Waals surface area contributed by atoms with Gasteiger partial charge < -0.3 is 5.73 Å². The van der Waals surface area contributed by atoms with Crippen LogP contribution in [0, 0.1) is 0 Å². The van der Waals surface area contributed by atoms with Crippen molar-refractivity contribution >= 4 is 21.6 Å². The van der Waals surface area contributed by atoms with E-state index in [-0.39, 0.29) is 18.7 Å². The fraction of sp³-hybridized carbons (Fsp3) is 0.200. The van der Waals surface area contributed by atoms with Crippen LogP contribution in [0.3, 0.4) is 0 Å². The van der Waals surface area contributed by atoms with Crippen LogP contribution in [0.1, 0.15) is 0 Å². The van der Waals surface area contributed by atoms with Gasteiger partial charge in [-0.25, -0.2) is 4.79 Å². The maximum absolute atomic E-state index is 12.5. The average molecular weight is 320 g/mol.